The zero-order valence-electron chi connectivity index (χ0n) is 8.34. The molecule has 0 atom stereocenters. The van der Waals surface area contributed by atoms with E-state index in [-0.39, 0.29) is 0 Å². The fraction of sp³-hybridized carbons (Fsp3) is 0.455. The number of para-hydroxylation sites is 1. The van der Waals surface area contributed by atoms with Crippen molar-refractivity contribution < 1.29 is 4.74 Å². The predicted octanol–water partition coefficient (Wildman–Crippen LogP) is 1.89. The molecule has 0 aliphatic carbocycles. The number of benzene rings is 1. The van der Waals surface area contributed by atoms with Crippen molar-refractivity contribution >= 4 is 0 Å². The van der Waals surface area contributed by atoms with Gasteiger partial charge in [-0.15, -0.1) is 0 Å². The quantitative estimate of drug-likeness (QED) is 0.766. The van der Waals surface area contributed by atoms with Crippen LogP contribution in [0, 0.1) is 6.92 Å². The van der Waals surface area contributed by atoms with Gasteiger partial charge < -0.3 is 10.5 Å². The fourth-order valence-corrected chi connectivity index (χ4v) is 1.42. The highest BCUT2D eigenvalue weighted by atomic mass is 16.5. The SMILES string of the molecule is CCOc1c(C)cccc1CCN. The van der Waals surface area contributed by atoms with Crippen LogP contribution in [0.5, 0.6) is 5.75 Å². The number of hydrogen-bond acceptors (Lipinski definition) is 2. The Morgan fingerprint density at radius 3 is 2.77 bits per heavy atom. The molecule has 2 N–H and O–H groups in total. The second kappa shape index (κ2) is 4.87. The van der Waals surface area contributed by atoms with Crippen LogP contribution in [0.25, 0.3) is 0 Å². The highest BCUT2D eigenvalue weighted by molar-refractivity contribution is 5.40. The Labute approximate surface area is 79.7 Å². The number of aryl methyl sites for hydroxylation is 1. The van der Waals surface area contributed by atoms with Crippen LogP contribution in [0.15, 0.2) is 18.2 Å². The Morgan fingerprint density at radius 2 is 2.15 bits per heavy atom. The van der Waals surface area contributed by atoms with Crippen molar-refractivity contribution in [3.8, 4) is 5.75 Å². The Balaban J connectivity index is 2.95. The van der Waals surface area contributed by atoms with E-state index in [2.05, 4.69) is 19.1 Å². The smallest absolute Gasteiger partial charge is 0.125 e. The van der Waals surface area contributed by atoms with Gasteiger partial charge in [-0.05, 0) is 37.9 Å². The van der Waals surface area contributed by atoms with Crippen molar-refractivity contribution in [1.82, 2.24) is 0 Å². The van der Waals surface area contributed by atoms with E-state index in [1.165, 1.54) is 11.1 Å². The zero-order valence-corrected chi connectivity index (χ0v) is 8.34. The van der Waals surface area contributed by atoms with Crippen LogP contribution in [0.4, 0.5) is 0 Å². The molecule has 0 bridgehead atoms. The second-order valence-corrected chi connectivity index (χ2v) is 3.03. The first kappa shape index (κ1) is 10.1. The van der Waals surface area contributed by atoms with E-state index in [0.29, 0.717) is 13.2 Å². The lowest BCUT2D eigenvalue weighted by molar-refractivity contribution is 0.334. The molecular formula is C11H17NO. The van der Waals surface area contributed by atoms with Gasteiger partial charge in [0.2, 0.25) is 0 Å². The summed E-state index contributed by atoms with van der Waals surface area (Å²) < 4.78 is 5.56. The van der Waals surface area contributed by atoms with E-state index in [0.717, 1.165) is 12.2 Å². The lowest BCUT2D eigenvalue weighted by Crippen LogP contribution is -2.06. The molecule has 2 nitrogen and oxygen atoms in total. The molecule has 0 saturated carbocycles. The summed E-state index contributed by atoms with van der Waals surface area (Å²) in [5.74, 6) is 1.01. The van der Waals surface area contributed by atoms with Crippen LogP contribution in [-0.4, -0.2) is 13.2 Å². The van der Waals surface area contributed by atoms with Crippen LogP contribution >= 0.6 is 0 Å². The molecule has 0 amide bonds. The Hall–Kier alpha value is -1.02. The Morgan fingerprint density at radius 1 is 1.38 bits per heavy atom. The summed E-state index contributed by atoms with van der Waals surface area (Å²) in [5, 5.41) is 0. The van der Waals surface area contributed by atoms with Gasteiger partial charge in [0, 0.05) is 0 Å². The first-order chi connectivity index (χ1) is 6.29. The van der Waals surface area contributed by atoms with Crippen molar-refractivity contribution in [2.45, 2.75) is 20.3 Å². The summed E-state index contributed by atoms with van der Waals surface area (Å²) >= 11 is 0. The standard InChI is InChI=1S/C11H17NO/c1-3-13-11-9(2)5-4-6-10(11)7-8-12/h4-6H,3,7-8,12H2,1-2H3. The van der Waals surface area contributed by atoms with Crippen LogP contribution in [0.1, 0.15) is 18.1 Å². The third-order valence-corrected chi connectivity index (χ3v) is 2.00. The lowest BCUT2D eigenvalue weighted by Gasteiger charge is -2.11. The molecule has 0 saturated heterocycles. The van der Waals surface area contributed by atoms with Crippen molar-refractivity contribution in [2.75, 3.05) is 13.2 Å². The molecule has 2 heteroatoms. The molecule has 1 aromatic rings. The molecule has 0 spiro atoms. The molecule has 13 heavy (non-hydrogen) atoms. The first-order valence-electron chi connectivity index (χ1n) is 4.71. The molecule has 1 aromatic carbocycles. The maximum absolute atomic E-state index is 5.56. The minimum absolute atomic E-state index is 0.670. The average Bonchev–Trinajstić information content (AvgIpc) is 2.11. The highest BCUT2D eigenvalue weighted by Crippen LogP contribution is 2.23. The van der Waals surface area contributed by atoms with Crippen LogP contribution in [0.3, 0.4) is 0 Å². The summed E-state index contributed by atoms with van der Waals surface area (Å²) in [6, 6.07) is 6.18. The Kier molecular flexibility index (Phi) is 3.77. The molecule has 0 fully saturated rings. The van der Waals surface area contributed by atoms with Crippen molar-refractivity contribution in [3.63, 3.8) is 0 Å². The third-order valence-electron chi connectivity index (χ3n) is 2.00. The largest absolute Gasteiger partial charge is 0.493 e. The monoisotopic (exact) mass is 179 g/mol. The summed E-state index contributed by atoms with van der Waals surface area (Å²) in [6.45, 7) is 5.44. The molecule has 0 unspecified atom stereocenters. The van der Waals surface area contributed by atoms with Crippen molar-refractivity contribution in [3.05, 3.63) is 29.3 Å². The number of nitrogens with two attached hydrogens (primary N) is 1. The number of rotatable bonds is 4. The minimum Gasteiger partial charge on any atom is -0.493 e. The minimum atomic E-state index is 0.670. The number of hydrogen-bond donors (Lipinski definition) is 1. The van der Waals surface area contributed by atoms with Gasteiger partial charge in [0.05, 0.1) is 6.61 Å². The first-order valence-corrected chi connectivity index (χ1v) is 4.71. The van der Waals surface area contributed by atoms with E-state index in [1.807, 2.05) is 13.0 Å². The van der Waals surface area contributed by atoms with Crippen LogP contribution in [-0.2, 0) is 6.42 Å². The average molecular weight is 179 g/mol. The fourth-order valence-electron chi connectivity index (χ4n) is 1.42. The van der Waals surface area contributed by atoms with Gasteiger partial charge in [0.25, 0.3) is 0 Å². The van der Waals surface area contributed by atoms with E-state index >= 15 is 0 Å². The summed E-state index contributed by atoms with van der Waals surface area (Å²) in [6.07, 6.45) is 0.886. The molecule has 0 aliphatic rings. The molecule has 0 aromatic heterocycles. The molecule has 0 radical (unpaired) electrons. The van der Waals surface area contributed by atoms with E-state index in [4.69, 9.17) is 10.5 Å². The lowest BCUT2D eigenvalue weighted by atomic mass is 10.1. The zero-order chi connectivity index (χ0) is 9.68. The van der Waals surface area contributed by atoms with Gasteiger partial charge in [0.15, 0.2) is 0 Å². The van der Waals surface area contributed by atoms with E-state index in [9.17, 15) is 0 Å². The van der Waals surface area contributed by atoms with Gasteiger partial charge in [-0.3, -0.25) is 0 Å². The van der Waals surface area contributed by atoms with Crippen LogP contribution in [0.2, 0.25) is 0 Å². The molecule has 0 aliphatic heterocycles. The van der Waals surface area contributed by atoms with Crippen molar-refractivity contribution in [2.24, 2.45) is 5.73 Å². The normalized spacial score (nSPS) is 10.1. The van der Waals surface area contributed by atoms with Gasteiger partial charge in [-0.25, -0.2) is 0 Å². The molecule has 0 heterocycles. The van der Waals surface area contributed by atoms with Gasteiger partial charge >= 0.3 is 0 Å². The summed E-state index contributed by atoms with van der Waals surface area (Å²) in [7, 11) is 0. The number of ether oxygens (including phenoxy) is 1. The van der Waals surface area contributed by atoms with Crippen LogP contribution < -0.4 is 10.5 Å². The van der Waals surface area contributed by atoms with Gasteiger partial charge in [-0.1, -0.05) is 18.2 Å². The highest BCUT2D eigenvalue weighted by Gasteiger charge is 2.04. The van der Waals surface area contributed by atoms with Gasteiger partial charge in [0.1, 0.15) is 5.75 Å². The van der Waals surface area contributed by atoms with E-state index < -0.39 is 0 Å². The molecule has 72 valence electrons. The second-order valence-electron chi connectivity index (χ2n) is 3.03. The Bertz CT molecular complexity index is 271. The maximum Gasteiger partial charge on any atom is 0.125 e. The summed E-state index contributed by atoms with van der Waals surface area (Å²) in [4.78, 5) is 0. The maximum atomic E-state index is 5.56. The molecule has 1 rings (SSSR count). The predicted molar refractivity (Wildman–Crippen MR) is 55.1 cm³/mol. The van der Waals surface area contributed by atoms with Gasteiger partial charge in [-0.2, -0.15) is 0 Å². The molecular weight excluding hydrogens is 162 g/mol. The van der Waals surface area contributed by atoms with E-state index in [1.54, 1.807) is 0 Å². The van der Waals surface area contributed by atoms with Crippen molar-refractivity contribution in [1.29, 1.82) is 0 Å². The third kappa shape index (κ3) is 2.46. The topological polar surface area (TPSA) is 35.2 Å². The summed E-state index contributed by atoms with van der Waals surface area (Å²) in [5.41, 5.74) is 7.92.